The van der Waals surface area contributed by atoms with Crippen LogP contribution in [0.4, 0.5) is 5.69 Å². The monoisotopic (exact) mass is 433 g/mol. The van der Waals surface area contributed by atoms with Gasteiger partial charge in [0.1, 0.15) is 0 Å². The second-order valence-corrected chi connectivity index (χ2v) is 2.48. The van der Waals surface area contributed by atoms with Gasteiger partial charge in [0.25, 0.3) is 0 Å². The fourth-order valence-corrected chi connectivity index (χ4v) is 0.676. The molecule has 0 saturated heterocycles. The van der Waals surface area contributed by atoms with Gasteiger partial charge in [-0.1, -0.05) is 5.11 Å². The summed E-state index contributed by atoms with van der Waals surface area (Å²) in [5, 5.41) is 18.2. The second-order valence-electron chi connectivity index (χ2n) is 2.48. The Hall–Kier alpha value is -1.95. The first-order valence-corrected chi connectivity index (χ1v) is 4.12. The van der Waals surface area contributed by atoms with E-state index in [1.54, 1.807) is 12.1 Å². The van der Waals surface area contributed by atoms with Crippen LogP contribution in [0.15, 0.2) is 23.4 Å². The van der Waals surface area contributed by atoms with E-state index in [4.69, 9.17) is 31.1 Å². The van der Waals surface area contributed by atoms with E-state index in [1.165, 1.54) is 6.20 Å². The maximum Gasteiger partial charge on any atom is 0.414 e. The Morgan fingerprint density at radius 2 is 2.00 bits per heavy atom. The Kier molecular flexibility index (Phi) is 10.5. The molecular formula is C8H8N5O4Pt-. The van der Waals surface area contributed by atoms with Crippen molar-refractivity contribution in [3.8, 4) is 0 Å². The number of azide groups is 1. The Bertz CT molecular complexity index is 449. The predicted molar refractivity (Wildman–Crippen MR) is 56.3 cm³/mol. The van der Waals surface area contributed by atoms with Crippen molar-refractivity contribution in [1.29, 1.82) is 0 Å². The molecular weight excluding hydrogens is 425 g/mol. The number of pyridine rings is 1. The molecule has 18 heavy (non-hydrogen) atoms. The first-order chi connectivity index (χ1) is 8.01. The molecule has 9 nitrogen and oxygen atoms in total. The van der Waals surface area contributed by atoms with Gasteiger partial charge >= 0.3 is 11.9 Å². The van der Waals surface area contributed by atoms with Gasteiger partial charge in [0.05, 0.1) is 0 Å². The van der Waals surface area contributed by atoms with Gasteiger partial charge in [0.2, 0.25) is 0 Å². The number of hydrogen-bond donors (Lipinski definition) is 2. The Morgan fingerprint density at radius 1 is 1.44 bits per heavy atom. The Morgan fingerprint density at radius 3 is 2.39 bits per heavy atom. The summed E-state index contributed by atoms with van der Waals surface area (Å²) in [6, 6.07) is 3.19. The van der Waals surface area contributed by atoms with Crippen molar-refractivity contribution < 1.29 is 40.9 Å². The first kappa shape index (κ1) is 18.4. The maximum atomic E-state index is 9.10. The molecule has 0 aliphatic carbocycles. The molecule has 0 aromatic carbocycles. The Balaban J connectivity index is 0. The quantitative estimate of drug-likeness (QED) is 0.314. The van der Waals surface area contributed by atoms with E-state index in [9.17, 15) is 0 Å². The number of hydrogen-bond acceptors (Lipinski definition) is 4. The third-order valence-corrected chi connectivity index (χ3v) is 1.32. The fourth-order valence-electron chi connectivity index (χ4n) is 0.676. The molecule has 0 bridgehead atoms. The molecule has 0 amide bonds. The van der Waals surface area contributed by atoms with E-state index < -0.39 is 11.9 Å². The topological polar surface area (TPSA) is 160 Å². The number of nitrogens with zero attached hydrogens (tertiary/aromatic N) is 4. The van der Waals surface area contributed by atoms with Crippen LogP contribution in [0, 0.1) is 0 Å². The maximum absolute atomic E-state index is 9.10. The predicted octanol–water partition coefficient (Wildman–Crippen LogP) is 1.73. The number of nitrogens with one attached hydrogen (secondary N) is 1. The minimum Gasteiger partial charge on any atom is -0.672 e. The SMILES string of the molecule is O=C(O)C(=O)O.[N-]=[N+]=Nc1ccnc(C[NH-])c1.[Pt]. The van der Waals surface area contributed by atoms with Crippen molar-refractivity contribution in [1.82, 2.24) is 4.98 Å². The van der Waals surface area contributed by atoms with Crippen molar-refractivity contribution in [2.75, 3.05) is 0 Å². The molecule has 0 saturated carbocycles. The van der Waals surface area contributed by atoms with Gasteiger partial charge in [-0.05, 0) is 17.7 Å². The van der Waals surface area contributed by atoms with Crippen LogP contribution in [0.5, 0.6) is 0 Å². The number of rotatable bonds is 2. The number of aromatic nitrogens is 1. The van der Waals surface area contributed by atoms with Crippen LogP contribution in [-0.4, -0.2) is 27.1 Å². The molecule has 1 heterocycles. The molecule has 0 unspecified atom stereocenters. The average molecular weight is 433 g/mol. The van der Waals surface area contributed by atoms with Crippen LogP contribution < -0.4 is 0 Å². The molecule has 100 valence electrons. The van der Waals surface area contributed by atoms with Crippen LogP contribution in [0.3, 0.4) is 0 Å². The van der Waals surface area contributed by atoms with Crippen molar-refractivity contribution in [3.05, 3.63) is 40.2 Å². The zero-order valence-electron chi connectivity index (χ0n) is 8.76. The van der Waals surface area contributed by atoms with E-state index >= 15 is 0 Å². The molecule has 0 aliphatic heterocycles. The molecule has 1 aromatic rings. The number of carboxylic acid groups (broad SMARTS) is 2. The molecule has 0 fully saturated rings. The molecule has 0 spiro atoms. The van der Waals surface area contributed by atoms with Crippen LogP contribution >= 0.6 is 0 Å². The summed E-state index contributed by atoms with van der Waals surface area (Å²) in [6.07, 6.45) is 1.52. The minimum atomic E-state index is -1.82. The number of carbonyl (C=O) groups is 2. The van der Waals surface area contributed by atoms with Gasteiger partial charge in [-0.2, -0.15) is 0 Å². The normalized spacial score (nSPS) is 7.83. The summed E-state index contributed by atoms with van der Waals surface area (Å²) in [5.74, 6) is -3.65. The van der Waals surface area contributed by atoms with Crippen LogP contribution in [0.25, 0.3) is 16.2 Å². The zero-order valence-corrected chi connectivity index (χ0v) is 11.0. The third-order valence-electron chi connectivity index (χ3n) is 1.32. The summed E-state index contributed by atoms with van der Waals surface area (Å²) >= 11 is 0. The molecule has 3 N–H and O–H groups in total. The second kappa shape index (κ2) is 10.2. The zero-order chi connectivity index (χ0) is 13.3. The van der Waals surface area contributed by atoms with E-state index in [2.05, 4.69) is 15.0 Å². The summed E-state index contributed by atoms with van der Waals surface area (Å²) in [4.78, 5) is 24.7. The minimum absolute atomic E-state index is 0. The van der Waals surface area contributed by atoms with Gasteiger partial charge in [-0.3, -0.25) is 4.98 Å². The average Bonchev–Trinajstić information content (AvgIpc) is 2.30. The van der Waals surface area contributed by atoms with Gasteiger partial charge in [-0.15, -0.1) is 6.54 Å². The summed E-state index contributed by atoms with van der Waals surface area (Å²) in [6.45, 7) is 0.106. The van der Waals surface area contributed by atoms with Crippen molar-refractivity contribution >= 4 is 17.6 Å². The summed E-state index contributed by atoms with van der Waals surface area (Å²) in [7, 11) is 0. The van der Waals surface area contributed by atoms with Crippen molar-refractivity contribution in [3.63, 3.8) is 0 Å². The van der Waals surface area contributed by atoms with E-state index in [0.717, 1.165) is 0 Å². The van der Waals surface area contributed by atoms with Crippen molar-refractivity contribution in [2.24, 2.45) is 5.11 Å². The van der Waals surface area contributed by atoms with E-state index in [0.29, 0.717) is 11.4 Å². The molecule has 0 aliphatic rings. The van der Waals surface area contributed by atoms with Crippen LogP contribution in [0.1, 0.15) is 5.69 Å². The van der Waals surface area contributed by atoms with E-state index in [1.807, 2.05) is 0 Å². The molecule has 1 rings (SSSR count). The van der Waals surface area contributed by atoms with Gasteiger partial charge < -0.3 is 15.9 Å². The van der Waals surface area contributed by atoms with Crippen LogP contribution in [-0.2, 0) is 37.2 Å². The first-order valence-electron chi connectivity index (χ1n) is 4.12. The molecule has 1 aromatic heterocycles. The Labute approximate surface area is 116 Å². The van der Waals surface area contributed by atoms with Crippen molar-refractivity contribution in [2.45, 2.75) is 6.54 Å². The largest absolute Gasteiger partial charge is 0.672 e. The van der Waals surface area contributed by atoms with E-state index in [-0.39, 0.29) is 27.6 Å². The van der Waals surface area contributed by atoms with Crippen LogP contribution in [0.2, 0.25) is 0 Å². The number of aliphatic carboxylic acids is 2. The molecule has 10 heteroatoms. The summed E-state index contributed by atoms with van der Waals surface area (Å²) < 4.78 is 0. The smallest absolute Gasteiger partial charge is 0.414 e. The molecule has 0 atom stereocenters. The summed E-state index contributed by atoms with van der Waals surface area (Å²) in [5.41, 5.74) is 16.2. The van der Waals surface area contributed by atoms with Gasteiger partial charge in [0, 0.05) is 43.6 Å². The van der Waals surface area contributed by atoms with Gasteiger partial charge in [0.15, 0.2) is 0 Å². The fraction of sp³-hybridized carbons (Fsp3) is 0.125. The molecule has 0 radical (unpaired) electrons. The van der Waals surface area contributed by atoms with Gasteiger partial charge in [-0.25, -0.2) is 9.59 Å². The number of carboxylic acids is 2. The third kappa shape index (κ3) is 8.23. The standard InChI is InChI=1S/C6H6N5.C2H2O4.Pt/c7-4-6-3-5(10-11-8)1-2-9-6;3-1(4)2(5)6;/h1-3,7H,4H2;(H,3,4)(H,5,6);/q-1;;.